The molecule has 0 bridgehead atoms. The summed E-state index contributed by atoms with van der Waals surface area (Å²) in [7, 11) is 0. The molecule has 0 spiro atoms. The van der Waals surface area contributed by atoms with Crippen molar-refractivity contribution in [2.45, 2.75) is 19.1 Å². The van der Waals surface area contributed by atoms with Crippen LogP contribution in [0.5, 0.6) is 0 Å². The first kappa shape index (κ1) is 11.8. The Morgan fingerprint density at radius 3 is 2.36 bits per heavy atom. The number of hydrogen-bond acceptors (Lipinski definition) is 1. The van der Waals surface area contributed by atoms with Crippen LogP contribution in [0.15, 0.2) is 12.7 Å². The second kappa shape index (κ2) is 5.44. The third kappa shape index (κ3) is 5.09. The molecule has 0 aromatic heterocycles. The van der Waals surface area contributed by atoms with Crippen molar-refractivity contribution in [1.82, 2.24) is 0 Å². The Labute approximate surface area is 82.4 Å². The molecule has 0 aromatic carbocycles. The van der Waals surface area contributed by atoms with E-state index in [2.05, 4.69) is 6.58 Å². The van der Waals surface area contributed by atoms with Crippen LogP contribution in [0.2, 0.25) is 0 Å². The van der Waals surface area contributed by atoms with E-state index in [1.807, 2.05) is 6.92 Å². The van der Waals surface area contributed by atoms with Gasteiger partial charge in [0.1, 0.15) is 0 Å². The Balaban J connectivity index is 3.85. The summed E-state index contributed by atoms with van der Waals surface area (Å²) in [4.78, 5) is 0. The maximum Gasteiger partial charge on any atom is 0.369 e. The highest BCUT2D eigenvalue weighted by molar-refractivity contribution is 7.65. The molecule has 0 fully saturated rings. The maximum absolute atomic E-state index is 5.75. The fourth-order valence-corrected chi connectivity index (χ4v) is 3.33. The normalized spacial score (nSPS) is 14.5. The van der Waals surface area contributed by atoms with Crippen molar-refractivity contribution in [3.05, 3.63) is 12.7 Å². The van der Waals surface area contributed by atoms with Gasteiger partial charge in [-0.25, -0.2) is 0 Å². The minimum atomic E-state index is -2.68. The molecule has 11 heavy (non-hydrogen) atoms. The Kier molecular flexibility index (Phi) is 5.82. The van der Waals surface area contributed by atoms with Crippen molar-refractivity contribution in [3.8, 4) is 0 Å². The number of hydrogen-bond donors (Lipinski definition) is 0. The lowest BCUT2D eigenvalue weighted by atomic mass is 10.5. The van der Waals surface area contributed by atoms with Crippen LogP contribution in [0.1, 0.15) is 13.3 Å². The summed E-state index contributed by atoms with van der Waals surface area (Å²) in [6, 6.07) is -2.68. The van der Waals surface area contributed by atoms with Gasteiger partial charge in [-0.3, -0.25) is 0 Å². The fourth-order valence-electron chi connectivity index (χ4n) is 0.628. The highest BCUT2D eigenvalue weighted by atomic mass is 35.8. The monoisotopic (exact) mass is 232 g/mol. The van der Waals surface area contributed by atoms with Crippen molar-refractivity contribution in [1.29, 1.82) is 0 Å². The zero-order valence-electron chi connectivity index (χ0n) is 6.32. The van der Waals surface area contributed by atoms with Crippen LogP contribution in [0.3, 0.4) is 0 Å². The van der Waals surface area contributed by atoms with Gasteiger partial charge in [0.15, 0.2) is 0 Å². The Morgan fingerprint density at radius 2 is 2.09 bits per heavy atom. The molecule has 1 unspecified atom stereocenters. The lowest BCUT2D eigenvalue weighted by Gasteiger charge is -2.19. The maximum atomic E-state index is 5.75. The minimum Gasteiger partial charge on any atom is -0.373 e. The fraction of sp³-hybridized carbons (Fsp3) is 0.667. The van der Waals surface area contributed by atoms with Gasteiger partial charge in [0.05, 0.1) is 12.3 Å². The van der Waals surface area contributed by atoms with Crippen molar-refractivity contribution >= 4 is 39.2 Å². The quantitative estimate of drug-likeness (QED) is 0.403. The van der Waals surface area contributed by atoms with Gasteiger partial charge in [0.25, 0.3) is 0 Å². The van der Waals surface area contributed by atoms with Crippen molar-refractivity contribution in [3.63, 3.8) is 0 Å². The van der Waals surface area contributed by atoms with E-state index in [0.717, 1.165) is 6.42 Å². The van der Waals surface area contributed by atoms with Gasteiger partial charge in [-0.05, 0) is 6.42 Å². The SMILES string of the molecule is C=CCOC(CC)[Si](Cl)(Cl)Cl. The molecule has 0 amide bonds. The zero-order chi connectivity index (χ0) is 8.91. The summed E-state index contributed by atoms with van der Waals surface area (Å²) in [5.41, 5.74) is -0.217. The van der Waals surface area contributed by atoms with E-state index in [4.69, 9.17) is 38.0 Å². The largest absolute Gasteiger partial charge is 0.373 e. The summed E-state index contributed by atoms with van der Waals surface area (Å²) < 4.78 is 5.25. The average molecular weight is 234 g/mol. The zero-order valence-corrected chi connectivity index (χ0v) is 9.59. The second-order valence-corrected chi connectivity index (χ2v) is 10.9. The first-order valence-electron chi connectivity index (χ1n) is 3.31. The lowest BCUT2D eigenvalue weighted by molar-refractivity contribution is 0.127. The van der Waals surface area contributed by atoms with Gasteiger partial charge in [0, 0.05) is 0 Å². The summed E-state index contributed by atoms with van der Waals surface area (Å²) in [5.74, 6) is 0. The van der Waals surface area contributed by atoms with Crippen molar-refractivity contribution < 1.29 is 4.74 Å². The molecule has 0 aliphatic carbocycles. The molecule has 0 N–H and O–H groups in total. The molecule has 0 aromatic rings. The molecule has 0 rings (SSSR count). The van der Waals surface area contributed by atoms with Gasteiger partial charge in [-0.2, -0.15) is 0 Å². The van der Waals surface area contributed by atoms with E-state index in [0.29, 0.717) is 6.61 Å². The Bertz CT molecular complexity index is 123. The topological polar surface area (TPSA) is 9.23 Å². The smallest absolute Gasteiger partial charge is 0.369 e. The van der Waals surface area contributed by atoms with E-state index >= 15 is 0 Å². The number of halogens is 3. The number of ether oxygens (including phenoxy) is 1. The van der Waals surface area contributed by atoms with Crippen LogP contribution in [0.4, 0.5) is 0 Å². The molecule has 0 saturated carbocycles. The van der Waals surface area contributed by atoms with Gasteiger partial charge in [0.2, 0.25) is 0 Å². The molecular formula is C6H11Cl3OSi. The van der Waals surface area contributed by atoms with Crippen LogP contribution < -0.4 is 0 Å². The lowest BCUT2D eigenvalue weighted by Crippen LogP contribution is -2.33. The van der Waals surface area contributed by atoms with Gasteiger partial charge < -0.3 is 4.74 Å². The average Bonchev–Trinajstić information content (AvgIpc) is 1.87. The molecule has 0 heterocycles. The summed E-state index contributed by atoms with van der Waals surface area (Å²) in [6.07, 6.45) is 2.38. The molecule has 1 nitrogen and oxygen atoms in total. The molecule has 0 radical (unpaired) electrons. The first-order valence-corrected chi connectivity index (χ1v) is 8.42. The standard InChI is InChI=1S/C6H11Cl3OSi/c1-3-5-10-6(4-2)11(7,8)9/h3,6H,1,4-5H2,2H3. The third-order valence-corrected chi connectivity index (χ3v) is 4.65. The molecule has 66 valence electrons. The predicted octanol–water partition coefficient (Wildman–Crippen LogP) is 3.16. The van der Waals surface area contributed by atoms with E-state index in [1.165, 1.54) is 0 Å². The molecular weight excluding hydrogens is 223 g/mol. The molecule has 1 atom stereocenters. The van der Waals surface area contributed by atoms with Crippen LogP contribution in [-0.2, 0) is 4.74 Å². The summed E-state index contributed by atoms with van der Waals surface area (Å²) in [6.45, 7) is 5.89. The second-order valence-electron chi connectivity index (χ2n) is 2.06. The Morgan fingerprint density at radius 1 is 1.55 bits per heavy atom. The molecule has 0 saturated heterocycles. The predicted molar refractivity (Wildman–Crippen MR) is 53.5 cm³/mol. The highest BCUT2D eigenvalue weighted by Crippen LogP contribution is 2.28. The summed E-state index contributed by atoms with van der Waals surface area (Å²) >= 11 is 17.2. The molecule has 5 heteroatoms. The molecule has 0 aliphatic heterocycles. The highest BCUT2D eigenvalue weighted by Gasteiger charge is 2.36. The van der Waals surface area contributed by atoms with E-state index < -0.39 is 6.00 Å². The number of rotatable bonds is 5. The van der Waals surface area contributed by atoms with E-state index in [-0.39, 0.29) is 5.73 Å². The van der Waals surface area contributed by atoms with E-state index in [9.17, 15) is 0 Å². The van der Waals surface area contributed by atoms with Crippen LogP contribution in [0, 0.1) is 0 Å². The Hall–Kier alpha value is 0.787. The first-order chi connectivity index (χ1) is 5.02. The van der Waals surface area contributed by atoms with Crippen LogP contribution >= 0.6 is 33.2 Å². The minimum absolute atomic E-state index is 0.217. The van der Waals surface area contributed by atoms with Crippen LogP contribution in [0.25, 0.3) is 0 Å². The van der Waals surface area contributed by atoms with Crippen molar-refractivity contribution in [2.75, 3.05) is 6.61 Å². The van der Waals surface area contributed by atoms with Gasteiger partial charge in [-0.15, -0.1) is 39.8 Å². The third-order valence-electron chi connectivity index (χ3n) is 1.15. The van der Waals surface area contributed by atoms with Crippen LogP contribution in [-0.4, -0.2) is 18.3 Å². The van der Waals surface area contributed by atoms with E-state index in [1.54, 1.807) is 6.08 Å². The van der Waals surface area contributed by atoms with Gasteiger partial charge in [-0.1, -0.05) is 13.0 Å². The molecule has 0 aliphatic rings. The van der Waals surface area contributed by atoms with Gasteiger partial charge >= 0.3 is 6.00 Å². The van der Waals surface area contributed by atoms with Crippen molar-refractivity contribution in [2.24, 2.45) is 0 Å². The summed E-state index contributed by atoms with van der Waals surface area (Å²) in [5, 5.41) is 0.